The van der Waals surface area contributed by atoms with Gasteiger partial charge in [-0.25, -0.2) is 4.68 Å². The fourth-order valence-corrected chi connectivity index (χ4v) is 2.62. The van der Waals surface area contributed by atoms with Crippen LogP contribution in [0.25, 0.3) is 11.3 Å². The molecule has 0 atom stereocenters. The highest BCUT2D eigenvalue weighted by atomic mass is 79.9. The summed E-state index contributed by atoms with van der Waals surface area (Å²) in [6.45, 7) is 6.16. The summed E-state index contributed by atoms with van der Waals surface area (Å²) in [7, 11) is 1.92. The molecule has 0 unspecified atom stereocenters. The summed E-state index contributed by atoms with van der Waals surface area (Å²) in [5, 5.41) is 11.6. The van der Waals surface area contributed by atoms with E-state index in [-0.39, 0.29) is 0 Å². The molecule has 0 aliphatic heterocycles. The normalized spacial score (nSPS) is 10.9. The summed E-state index contributed by atoms with van der Waals surface area (Å²) in [5.74, 6) is 0. The molecule has 0 saturated heterocycles. The summed E-state index contributed by atoms with van der Waals surface area (Å²) in [4.78, 5) is 0. The first-order valence-corrected chi connectivity index (χ1v) is 7.28. The van der Waals surface area contributed by atoms with Gasteiger partial charge in [0.15, 0.2) is 4.60 Å². The number of nitrogens with zero attached hydrogens (tertiary/aromatic N) is 3. The van der Waals surface area contributed by atoms with Crippen molar-refractivity contribution in [2.45, 2.75) is 26.8 Å². The largest absolute Gasteiger partial charge is 0.313 e. The standard InChI is InChI=1S/C14H19BrN4/c1-4-7-16-9-11-6-5-10(2)8-12(11)13-14(15)17-18-19(13)3/h5-6,8,16H,4,7,9H2,1-3H3. The third-order valence-corrected chi connectivity index (χ3v) is 3.58. The number of hydrogen-bond donors (Lipinski definition) is 1. The van der Waals surface area contributed by atoms with E-state index in [1.54, 1.807) is 0 Å². The minimum absolute atomic E-state index is 0.789. The van der Waals surface area contributed by atoms with Crippen LogP contribution in [-0.2, 0) is 13.6 Å². The molecule has 2 aromatic rings. The number of aryl methyl sites for hydroxylation is 2. The zero-order valence-electron chi connectivity index (χ0n) is 11.6. The lowest BCUT2D eigenvalue weighted by atomic mass is 10.0. The Hall–Kier alpha value is -1.20. The molecule has 0 amide bonds. The Morgan fingerprint density at radius 3 is 2.79 bits per heavy atom. The van der Waals surface area contributed by atoms with Crippen molar-refractivity contribution < 1.29 is 0 Å². The minimum Gasteiger partial charge on any atom is -0.313 e. The van der Waals surface area contributed by atoms with E-state index in [9.17, 15) is 0 Å². The lowest BCUT2D eigenvalue weighted by Crippen LogP contribution is -2.14. The van der Waals surface area contributed by atoms with Crippen molar-refractivity contribution in [1.82, 2.24) is 20.3 Å². The molecule has 4 nitrogen and oxygen atoms in total. The van der Waals surface area contributed by atoms with Gasteiger partial charge in [0.2, 0.25) is 0 Å². The molecular formula is C14H19BrN4. The van der Waals surface area contributed by atoms with Crippen LogP contribution in [0.5, 0.6) is 0 Å². The molecule has 1 aromatic carbocycles. The Labute approximate surface area is 122 Å². The molecule has 19 heavy (non-hydrogen) atoms. The predicted molar refractivity (Wildman–Crippen MR) is 80.9 cm³/mol. The van der Waals surface area contributed by atoms with Gasteiger partial charge in [-0.15, -0.1) is 5.10 Å². The maximum atomic E-state index is 4.07. The van der Waals surface area contributed by atoms with E-state index < -0.39 is 0 Å². The van der Waals surface area contributed by atoms with Gasteiger partial charge in [-0.2, -0.15) is 0 Å². The van der Waals surface area contributed by atoms with Gasteiger partial charge < -0.3 is 5.32 Å². The monoisotopic (exact) mass is 322 g/mol. The first kappa shape index (κ1) is 14.2. The van der Waals surface area contributed by atoms with Crippen molar-refractivity contribution in [3.63, 3.8) is 0 Å². The molecule has 0 radical (unpaired) electrons. The van der Waals surface area contributed by atoms with Crippen LogP contribution in [0.15, 0.2) is 22.8 Å². The zero-order valence-corrected chi connectivity index (χ0v) is 13.2. The highest BCUT2D eigenvalue weighted by Gasteiger charge is 2.14. The van der Waals surface area contributed by atoms with E-state index in [0.717, 1.165) is 29.8 Å². The van der Waals surface area contributed by atoms with E-state index in [1.165, 1.54) is 16.7 Å². The van der Waals surface area contributed by atoms with Crippen LogP contribution in [0.1, 0.15) is 24.5 Å². The molecule has 0 saturated carbocycles. The maximum absolute atomic E-state index is 4.07. The van der Waals surface area contributed by atoms with Gasteiger partial charge in [0, 0.05) is 19.2 Å². The molecule has 1 aromatic heterocycles. The Morgan fingerprint density at radius 1 is 1.37 bits per heavy atom. The molecule has 1 heterocycles. The zero-order chi connectivity index (χ0) is 13.8. The number of halogens is 1. The van der Waals surface area contributed by atoms with Crippen molar-refractivity contribution in [2.75, 3.05) is 6.54 Å². The van der Waals surface area contributed by atoms with Crippen LogP contribution in [0.3, 0.4) is 0 Å². The Morgan fingerprint density at radius 2 is 2.16 bits per heavy atom. The second kappa shape index (κ2) is 6.30. The van der Waals surface area contributed by atoms with Gasteiger partial charge in [0.05, 0.1) is 0 Å². The summed E-state index contributed by atoms with van der Waals surface area (Å²) in [6.07, 6.45) is 1.14. The quantitative estimate of drug-likeness (QED) is 0.860. The summed E-state index contributed by atoms with van der Waals surface area (Å²) in [5.41, 5.74) is 4.72. The topological polar surface area (TPSA) is 42.7 Å². The lowest BCUT2D eigenvalue weighted by molar-refractivity contribution is 0.674. The Balaban J connectivity index is 2.40. The molecule has 0 fully saturated rings. The minimum atomic E-state index is 0.789. The van der Waals surface area contributed by atoms with Gasteiger partial charge in [0.1, 0.15) is 5.69 Å². The third-order valence-electron chi connectivity index (χ3n) is 3.05. The molecule has 0 aliphatic carbocycles. The number of hydrogen-bond acceptors (Lipinski definition) is 3. The smallest absolute Gasteiger partial charge is 0.156 e. The van der Waals surface area contributed by atoms with Crippen molar-refractivity contribution in [2.24, 2.45) is 7.05 Å². The fraction of sp³-hybridized carbons (Fsp3) is 0.429. The third kappa shape index (κ3) is 3.22. The fourth-order valence-electron chi connectivity index (χ4n) is 2.08. The highest BCUT2D eigenvalue weighted by Crippen LogP contribution is 2.29. The lowest BCUT2D eigenvalue weighted by Gasteiger charge is -2.12. The van der Waals surface area contributed by atoms with Crippen LogP contribution >= 0.6 is 15.9 Å². The molecule has 1 N–H and O–H groups in total. The average Bonchev–Trinajstić information content (AvgIpc) is 2.71. The molecule has 0 aliphatic rings. The van der Waals surface area contributed by atoms with Gasteiger partial charge in [-0.3, -0.25) is 0 Å². The maximum Gasteiger partial charge on any atom is 0.156 e. The van der Waals surface area contributed by atoms with E-state index in [4.69, 9.17) is 0 Å². The van der Waals surface area contributed by atoms with Crippen molar-refractivity contribution in [3.05, 3.63) is 33.9 Å². The molecular weight excluding hydrogens is 304 g/mol. The van der Waals surface area contributed by atoms with E-state index in [1.807, 2.05) is 11.7 Å². The molecule has 2 rings (SSSR count). The number of rotatable bonds is 5. The number of aromatic nitrogens is 3. The number of nitrogens with one attached hydrogen (secondary N) is 1. The first-order valence-electron chi connectivity index (χ1n) is 6.49. The second-order valence-corrected chi connectivity index (χ2v) is 5.44. The van der Waals surface area contributed by atoms with Crippen LogP contribution < -0.4 is 5.32 Å². The first-order chi connectivity index (χ1) is 9.13. The molecule has 0 bridgehead atoms. The molecule has 5 heteroatoms. The molecule has 102 valence electrons. The van der Waals surface area contributed by atoms with Crippen LogP contribution in [0, 0.1) is 6.92 Å². The van der Waals surface area contributed by atoms with Gasteiger partial charge in [0.25, 0.3) is 0 Å². The second-order valence-electron chi connectivity index (χ2n) is 4.69. The van der Waals surface area contributed by atoms with Crippen LogP contribution in [0.2, 0.25) is 0 Å². The Kier molecular flexibility index (Phi) is 4.71. The Bertz CT molecular complexity index is 543. The van der Waals surface area contributed by atoms with Gasteiger partial charge in [-0.05, 0) is 47.4 Å². The SMILES string of the molecule is CCCNCc1ccc(C)cc1-c1c(Br)nnn1C. The van der Waals surface area contributed by atoms with Gasteiger partial charge in [-0.1, -0.05) is 29.8 Å². The average molecular weight is 323 g/mol. The highest BCUT2D eigenvalue weighted by molar-refractivity contribution is 9.10. The summed E-state index contributed by atoms with van der Waals surface area (Å²) in [6, 6.07) is 6.50. The van der Waals surface area contributed by atoms with Gasteiger partial charge >= 0.3 is 0 Å². The molecule has 0 spiro atoms. The van der Waals surface area contributed by atoms with E-state index in [2.05, 4.69) is 63.6 Å². The van der Waals surface area contributed by atoms with Crippen molar-refractivity contribution in [1.29, 1.82) is 0 Å². The summed E-state index contributed by atoms with van der Waals surface area (Å²) >= 11 is 3.48. The summed E-state index contributed by atoms with van der Waals surface area (Å²) < 4.78 is 2.60. The van der Waals surface area contributed by atoms with E-state index in [0.29, 0.717) is 0 Å². The van der Waals surface area contributed by atoms with Crippen LogP contribution in [-0.4, -0.2) is 21.5 Å². The number of benzene rings is 1. The van der Waals surface area contributed by atoms with Crippen molar-refractivity contribution in [3.8, 4) is 11.3 Å². The van der Waals surface area contributed by atoms with Crippen LogP contribution in [0.4, 0.5) is 0 Å². The van der Waals surface area contributed by atoms with E-state index >= 15 is 0 Å². The van der Waals surface area contributed by atoms with Crippen molar-refractivity contribution >= 4 is 15.9 Å². The predicted octanol–water partition coefficient (Wildman–Crippen LogP) is 3.05.